The lowest BCUT2D eigenvalue weighted by molar-refractivity contribution is 0.0955. The summed E-state index contributed by atoms with van der Waals surface area (Å²) in [7, 11) is 0. The molecule has 1 N–H and O–H groups in total. The van der Waals surface area contributed by atoms with E-state index in [9.17, 15) is 4.79 Å². The predicted molar refractivity (Wildman–Crippen MR) is 99.8 cm³/mol. The van der Waals surface area contributed by atoms with Crippen LogP contribution in [0.3, 0.4) is 0 Å². The van der Waals surface area contributed by atoms with Gasteiger partial charge in [0.05, 0.1) is 12.8 Å². The molecule has 0 aliphatic carbocycles. The highest BCUT2D eigenvalue weighted by molar-refractivity contribution is 6.30. The van der Waals surface area contributed by atoms with E-state index in [0.717, 1.165) is 5.56 Å². The minimum Gasteiger partial charge on any atom is -0.490 e. The van der Waals surface area contributed by atoms with Gasteiger partial charge in [0.1, 0.15) is 6.61 Å². The van der Waals surface area contributed by atoms with Gasteiger partial charge in [-0.1, -0.05) is 24.3 Å². The van der Waals surface area contributed by atoms with E-state index in [1.165, 1.54) is 6.21 Å². The third kappa shape index (κ3) is 5.65. The van der Waals surface area contributed by atoms with Crippen LogP contribution in [0.4, 0.5) is 0 Å². The molecule has 0 heterocycles. The summed E-state index contributed by atoms with van der Waals surface area (Å²) >= 11 is 5.80. The Labute approximate surface area is 151 Å². The summed E-state index contributed by atoms with van der Waals surface area (Å²) < 4.78 is 11.1. The smallest absolute Gasteiger partial charge is 0.271 e. The second-order valence-electron chi connectivity index (χ2n) is 4.94. The van der Waals surface area contributed by atoms with E-state index in [1.807, 2.05) is 13.0 Å². The molecule has 0 radical (unpaired) electrons. The Morgan fingerprint density at radius 1 is 1.20 bits per heavy atom. The number of halogens is 1. The van der Waals surface area contributed by atoms with Crippen LogP contribution in [0.25, 0.3) is 0 Å². The Morgan fingerprint density at radius 3 is 2.64 bits per heavy atom. The number of hydrazone groups is 1. The molecule has 0 spiro atoms. The van der Waals surface area contributed by atoms with Crippen LogP contribution in [0.15, 0.2) is 60.2 Å². The van der Waals surface area contributed by atoms with Crippen molar-refractivity contribution in [3.63, 3.8) is 0 Å². The number of carbonyl (C=O) groups is 1. The molecule has 0 aromatic heterocycles. The lowest BCUT2D eigenvalue weighted by Gasteiger charge is -2.11. The van der Waals surface area contributed by atoms with Crippen LogP contribution in [0.5, 0.6) is 11.5 Å². The standard InChI is InChI=1S/C19H19ClN2O3/c1-3-11-25-17-10-5-14(12-18(17)24-4-2)13-21-22-19(23)15-6-8-16(20)9-7-15/h3,5-10,12-13H,1,4,11H2,2H3,(H,22,23)/b21-13-. The summed E-state index contributed by atoms with van der Waals surface area (Å²) in [5, 5.41) is 4.53. The first-order valence-corrected chi connectivity index (χ1v) is 8.11. The Balaban J connectivity index is 2.04. The Morgan fingerprint density at radius 2 is 1.96 bits per heavy atom. The van der Waals surface area contributed by atoms with Crippen LogP contribution in [0, 0.1) is 0 Å². The van der Waals surface area contributed by atoms with Gasteiger partial charge in [0.25, 0.3) is 5.91 Å². The van der Waals surface area contributed by atoms with Crippen LogP contribution in [0.1, 0.15) is 22.8 Å². The first kappa shape index (κ1) is 18.5. The zero-order valence-corrected chi connectivity index (χ0v) is 14.6. The Bertz CT molecular complexity index is 758. The van der Waals surface area contributed by atoms with Gasteiger partial charge in [0, 0.05) is 10.6 Å². The summed E-state index contributed by atoms with van der Waals surface area (Å²) in [6.45, 7) is 6.42. The summed E-state index contributed by atoms with van der Waals surface area (Å²) in [6.07, 6.45) is 3.20. The van der Waals surface area contributed by atoms with E-state index in [4.69, 9.17) is 21.1 Å². The van der Waals surface area contributed by atoms with Gasteiger partial charge in [-0.25, -0.2) is 5.43 Å². The van der Waals surface area contributed by atoms with Crippen molar-refractivity contribution in [3.8, 4) is 11.5 Å². The predicted octanol–water partition coefficient (Wildman–Crippen LogP) is 4.07. The lowest BCUT2D eigenvalue weighted by atomic mass is 10.2. The number of amides is 1. The molecular formula is C19H19ClN2O3. The molecule has 2 aromatic rings. The summed E-state index contributed by atoms with van der Waals surface area (Å²) in [5.41, 5.74) is 3.72. The average molecular weight is 359 g/mol. The molecule has 0 bridgehead atoms. The number of benzene rings is 2. The van der Waals surface area contributed by atoms with Gasteiger partial charge in [0.15, 0.2) is 11.5 Å². The van der Waals surface area contributed by atoms with E-state index in [0.29, 0.717) is 35.3 Å². The molecule has 0 atom stereocenters. The Hall–Kier alpha value is -2.79. The van der Waals surface area contributed by atoms with Gasteiger partial charge in [-0.05, 0) is 55.0 Å². The van der Waals surface area contributed by atoms with Gasteiger partial charge >= 0.3 is 0 Å². The molecule has 0 saturated carbocycles. The average Bonchev–Trinajstić information content (AvgIpc) is 2.62. The van der Waals surface area contributed by atoms with Crippen LogP contribution in [-0.4, -0.2) is 25.3 Å². The normalized spacial score (nSPS) is 10.5. The number of carbonyl (C=O) groups excluding carboxylic acids is 1. The topological polar surface area (TPSA) is 59.9 Å². The molecule has 1 amide bonds. The molecule has 130 valence electrons. The quantitative estimate of drug-likeness (QED) is 0.439. The highest BCUT2D eigenvalue weighted by Gasteiger charge is 2.06. The largest absolute Gasteiger partial charge is 0.490 e. The maximum Gasteiger partial charge on any atom is 0.271 e. The van der Waals surface area contributed by atoms with Gasteiger partial charge in [-0.2, -0.15) is 5.10 Å². The molecule has 0 aliphatic rings. The molecule has 0 aliphatic heterocycles. The molecule has 2 rings (SSSR count). The first-order valence-electron chi connectivity index (χ1n) is 7.73. The van der Waals surface area contributed by atoms with Crippen molar-refractivity contribution in [2.45, 2.75) is 6.92 Å². The van der Waals surface area contributed by atoms with Crippen molar-refractivity contribution in [2.75, 3.05) is 13.2 Å². The van der Waals surface area contributed by atoms with Crippen molar-refractivity contribution < 1.29 is 14.3 Å². The van der Waals surface area contributed by atoms with Crippen LogP contribution >= 0.6 is 11.6 Å². The number of hydrogen-bond donors (Lipinski definition) is 1. The molecule has 2 aromatic carbocycles. The molecule has 0 saturated heterocycles. The molecule has 0 unspecified atom stereocenters. The summed E-state index contributed by atoms with van der Waals surface area (Å²) in [5.74, 6) is 0.922. The van der Waals surface area contributed by atoms with E-state index in [-0.39, 0.29) is 5.91 Å². The first-order chi connectivity index (χ1) is 12.1. The second-order valence-corrected chi connectivity index (χ2v) is 5.38. The number of nitrogens with one attached hydrogen (secondary N) is 1. The van der Waals surface area contributed by atoms with Crippen LogP contribution < -0.4 is 14.9 Å². The number of hydrogen-bond acceptors (Lipinski definition) is 4. The van der Waals surface area contributed by atoms with Gasteiger partial charge in [-0.15, -0.1) is 0 Å². The van der Waals surface area contributed by atoms with Crippen molar-refractivity contribution >= 4 is 23.7 Å². The third-order valence-corrected chi connectivity index (χ3v) is 3.36. The van der Waals surface area contributed by atoms with Crippen molar-refractivity contribution in [1.29, 1.82) is 0 Å². The molecule has 0 fully saturated rings. The fourth-order valence-corrected chi connectivity index (χ4v) is 2.10. The third-order valence-electron chi connectivity index (χ3n) is 3.11. The maximum atomic E-state index is 12.0. The van der Waals surface area contributed by atoms with E-state index >= 15 is 0 Å². The fraction of sp³-hybridized carbons (Fsp3) is 0.158. The number of rotatable bonds is 8. The maximum absolute atomic E-state index is 12.0. The fourth-order valence-electron chi connectivity index (χ4n) is 1.97. The van der Waals surface area contributed by atoms with Gasteiger partial charge < -0.3 is 9.47 Å². The monoisotopic (exact) mass is 358 g/mol. The van der Waals surface area contributed by atoms with Crippen molar-refractivity contribution in [2.24, 2.45) is 5.10 Å². The van der Waals surface area contributed by atoms with Gasteiger partial charge in [0.2, 0.25) is 0 Å². The van der Waals surface area contributed by atoms with Gasteiger partial charge in [-0.3, -0.25) is 4.79 Å². The van der Waals surface area contributed by atoms with E-state index in [1.54, 1.807) is 42.5 Å². The van der Waals surface area contributed by atoms with Crippen molar-refractivity contribution in [1.82, 2.24) is 5.43 Å². The number of ether oxygens (including phenoxy) is 2. The molecule has 25 heavy (non-hydrogen) atoms. The van der Waals surface area contributed by atoms with Crippen LogP contribution in [0.2, 0.25) is 5.02 Å². The molecular weight excluding hydrogens is 340 g/mol. The van der Waals surface area contributed by atoms with Crippen molar-refractivity contribution in [3.05, 3.63) is 71.3 Å². The number of nitrogens with zero attached hydrogens (tertiary/aromatic N) is 1. The van der Waals surface area contributed by atoms with E-state index in [2.05, 4.69) is 17.1 Å². The minimum absolute atomic E-state index is 0.316. The summed E-state index contributed by atoms with van der Waals surface area (Å²) in [4.78, 5) is 12.0. The molecule has 6 heteroatoms. The molecule has 5 nitrogen and oxygen atoms in total. The highest BCUT2D eigenvalue weighted by atomic mass is 35.5. The highest BCUT2D eigenvalue weighted by Crippen LogP contribution is 2.28. The summed E-state index contributed by atoms with van der Waals surface area (Å²) in [6, 6.07) is 12.0. The van der Waals surface area contributed by atoms with Crippen LogP contribution in [-0.2, 0) is 0 Å². The minimum atomic E-state index is -0.316. The SMILES string of the molecule is C=CCOc1ccc(/C=N\NC(=O)c2ccc(Cl)cc2)cc1OCC. The Kier molecular flexibility index (Phi) is 7.04. The zero-order valence-electron chi connectivity index (χ0n) is 13.9. The lowest BCUT2D eigenvalue weighted by Crippen LogP contribution is -2.17. The zero-order chi connectivity index (χ0) is 18.1. The van der Waals surface area contributed by atoms with E-state index < -0.39 is 0 Å². The second kappa shape index (κ2) is 9.49.